The SMILES string of the molecule is Cc1c(Cl)cccc1NC(=O)C(=O)NCC(O)c1cc(-c2ccco2)cs1. The Labute approximate surface area is 164 Å². The van der Waals surface area contributed by atoms with E-state index >= 15 is 0 Å². The number of thiophene rings is 1. The summed E-state index contributed by atoms with van der Waals surface area (Å²) < 4.78 is 5.31. The average Bonchev–Trinajstić information content (AvgIpc) is 3.34. The van der Waals surface area contributed by atoms with Crippen LogP contribution in [-0.2, 0) is 9.59 Å². The van der Waals surface area contributed by atoms with E-state index in [0.717, 1.165) is 5.56 Å². The number of amides is 2. The van der Waals surface area contributed by atoms with Crippen molar-refractivity contribution in [1.29, 1.82) is 0 Å². The van der Waals surface area contributed by atoms with Gasteiger partial charge in [0.05, 0.1) is 6.26 Å². The highest BCUT2D eigenvalue weighted by atomic mass is 35.5. The van der Waals surface area contributed by atoms with E-state index in [9.17, 15) is 14.7 Å². The minimum absolute atomic E-state index is 0.0844. The summed E-state index contributed by atoms with van der Waals surface area (Å²) in [5.41, 5.74) is 1.98. The molecule has 0 radical (unpaired) electrons. The summed E-state index contributed by atoms with van der Waals surface area (Å²) in [6.45, 7) is 1.66. The topological polar surface area (TPSA) is 91.6 Å². The third-order valence-corrected chi connectivity index (χ3v) is 5.38. The smallest absolute Gasteiger partial charge is 0.313 e. The Kier molecular flexibility index (Phi) is 5.95. The average molecular weight is 405 g/mol. The number of aliphatic hydroxyl groups is 1. The Balaban J connectivity index is 1.55. The number of furan rings is 1. The van der Waals surface area contributed by atoms with Gasteiger partial charge < -0.3 is 20.2 Å². The van der Waals surface area contributed by atoms with E-state index in [2.05, 4.69) is 10.6 Å². The fourth-order valence-electron chi connectivity index (χ4n) is 2.39. The Hall–Kier alpha value is -2.61. The molecular formula is C19H17ClN2O4S. The van der Waals surface area contributed by atoms with Gasteiger partial charge in [-0.15, -0.1) is 11.3 Å². The summed E-state index contributed by atoms with van der Waals surface area (Å²) >= 11 is 7.34. The Morgan fingerprint density at radius 2 is 2.07 bits per heavy atom. The molecule has 140 valence electrons. The molecular weight excluding hydrogens is 388 g/mol. The molecule has 8 heteroatoms. The molecule has 1 atom stereocenters. The van der Waals surface area contributed by atoms with Crippen LogP contribution in [-0.4, -0.2) is 23.5 Å². The first kappa shape index (κ1) is 19.2. The minimum atomic E-state index is -0.927. The summed E-state index contributed by atoms with van der Waals surface area (Å²) in [7, 11) is 0. The number of hydrogen-bond acceptors (Lipinski definition) is 5. The highest BCUT2D eigenvalue weighted by Crippen LogP contribution is 2.29. The largest absolute Gasteiger partial charge is 0.464 e. The van der Waals surface area contributed by atoms with Crippen molar-refractivity contribution >= 4 is 40.4 Å². The lowest BCUT2D eigenvalue weighted by Crippen LogP contribution is -2.37. The fourth-order valence-corrected chi connectivity index (χ4v) is 3.45. The van der Waals surface area contributed by atoms with Gasteiger partial charge in [-0.2, -0.15) is 0 Å². The van der Waals surface area contributed by atoms with Gasteiger partial charge in [0.1, 0.15) is 11.9 Å². The van der Waals surface area contributed by atoms with Crippen molar-refractivity contribution in [2.24, 2.45) is 0 Å². The number of anilines is 1. The van der Waals surface area contributed by atoms with Crippen LogP contribution in [0, 0.1) is 6.92 Å². The van der Waals surface area contributed by atoms with Crippen molar-refractivity contribution in [3.63, 3.8) is 0 Å². The predicted octanol–water partition coefficient (Wildman–Crippen LogP) is 3.76. The second kappa shape index (κ2) is 8.39. The normalized spacial score (nSPS) is 11.8. The van der Waals surface area contributed by atoms with E-state index in [4.69, 9.17) is 16.0 Å². The maximum atomic E-state index is 12.0. The van der Waals surface area contributed by atoms with Crippen molar-refractivity contribution in [3.05, 3.63) is 63.5 Å². The lowest BCUT2D eigenvalue weighted by atomic mass is 10.2. The predicted molar refractivity (Wildman–Crippen MR) is 105 cm³/mol. The third-order valence-electron chi connectivity index (χ3n) is 3.93. The lowest BCUT2D eigenvalue weighted by Gasteiger charge is -2.11. The first-order valence-corrected chi connectivity index (χ1v) is 9.36. The summed E-state index contributed by atoms with van der Waals surface area (Å²) in [6.07, 6.45) is 0.646. The number of carbonyl (C=O) groups excluding carboxylic acids is 2. The van der Waals surface area contributed by atoms with Crippen LogP contribution in [0.3, 0.4) is 0 Å². The number of rotatable bonds is 5. The highest BCUT2D eigenvalue weighted by molar-refractivity contribution is 7.10. The van der Waals surface area contributed by atoms with Crippen LogP contribution in [0.15, 0.2) is 52.5 Å². The number of hydrogen-bond donors (Lipinski definition) is 3. The van der Waals surface area contributed by atoms with E-state index in [-0.39, 0.29) is 6.54 Å². The minimum Gasteiger partial charge on any atom is -0.464 e. The van der Waals surface area contributed by atoms with E-state index in [1.54, 1.807) is 43.5 Å². The van der Waals surface area contributed by atoms with Gasteiger partial charge in [-0.1, -0.05) is 17.7 Å². The zero-order valence-corrected chi connectivity index (χ0v) is 15.9. The molecule has 0 aliphatic carbocycles. The first-order chi connectivity index (χ1) is 13.0. The van der Waals surface area contributed by atoms with E-state index in [1.807, 2.05) is 11.4 Å². The van der Waals surface area contributed by atoms with Crippen LogP contribution < -0.4 is 10.6 Å². The number of halogens is 1. The van der Waals surface area contributed by atoms with Crippen LogP contribution >= 0.6 is 22.9 Å². The molecule has 0 aliphatic rings. The molecule has 2 aromatic heterocycles. The van der Waals surface area contributed by atoms with Crippen LogP contribution in [0.5, 0.6) is 0 Å². The molecule has 2 heterocycles. The molecule has 2 amide bonds. The molecule has 27 heavy (non-hydrogen) atoms. The molecule has 0 fully saturated rings. The van der Waals surface area contributed by atoms with Gasteiger partial charge in [-0.25, -0.2) is 0 Å². The molecule has 0 saturated heterocycles. The van der Waals surface area contributed by atoms with Crippen molar-refractivity contribution < 1.29 is 19.1 Å². The van der Waals surface area contributed by atoms with Crippen molar-refractivity contribution in [2.45, 2.75) is 13.0 Å². The molecule has 0 spiro atoms. The number of carbonyl (C=O) groups is 2. The summed E-state index contributed by atoms with van der Waals surface area (Å²) in [4.78, 5) is 24.7. The molecule has 3 N–H and O–H groups in total. The van der Waals surface area contributed by atoms with Gasteiger partial charge in [-0.3, -0.25) is 9.59 Å². The molecule has 1 aromatic carbocycles. The van der Waals surface area contributed by atoms with E-state index in [1.165, 1.54) is 11.3 Å². The molecule has 1 unspecified atom stereocenters. The third kappa shape index (κ3) is 4.57. The summed E-state index contributed by atoms with van der Waals surface area (Å²) in [5, 5.41) is 17.5. The van der Waals surface area contributed by atoms with Crippen LogP contribution in [0.25, 0.3) is 11.3 Å². The van der Waals surface area contributed by atoms with Gasteiger partial charge in [0, 0.05) is 33.1 Å². The quantitative estimate of drug-likeness (QED) is 0.564. The van der Waals surface area contributed by atoms with Gasteiger partial charge in [0.15, 0.2) is 0 Å². The molecule has 0 bridgehead atoms. The zero-order chi connectivity index (χ0) is 19.4. The van der Waals surface area contributed by atoms with Gasteiger partial charge in [0.2, 0.25) is 0 Å². The second-order valence-electron chi connectivity index (χ2n) is 5.81. The zero-order valence-electron chi connectivity index (χ0n) is 14.4. The maximum Gasteiger partial charge on any atom is 0.313 e. The molecule has 3 rings (SSSR count). The Morgan fingerprint density at radius 3 is 2.81 bits per heavy atom. The van der Waals surface area contributed by atoms with Crippen LogP contribution in [0.4, 0.5) is 5.69 Å². The highest BCUT2D eigenvalue weighted by Gasteiger charge is 2.18. The fraction of sp³-hybridized carbons (Fsp3) is 0.158. The van der Waals surface area contributed by atoms with Gasteiger partial charge in [0.25, 0.3) is 0 Å². The maximum absolute atomic E-state index is 12.0. The van der Waals surface area contributed by atoms with E-state index in [0.29, 0.717) is 26.9 Å². The summed E-state index contributed by atoms with van der Waals surface area (Å²) in [6, 6.07) is 10.4. The number of nitrogens with one attached hydrogen (secondary N) is 2. The molecule has 6 nitrogen and oxygen atoms in total. The summed E-state index contributed by atoms with van der Waals surface area (Å²) in [5.74, 6) is -0.962. The van der Waals surface area contributed by atoms with Crippen LogP contribution in [0.1, 0.15) is 16.5 Å². The van der Waals surface area contributed by atoms with Crippen molar-refractivity contribution in [1.82, 2.24) is 5.32 Å². The van der Waals surface area contributed by atoms with Gasteiger partial charge >= 0.3 is 11.8 Å². The Morgan fingerprint density at radius 1 is 1.26 bits per heavy atom. The lowest BCUT2D eigenvalue weighted by molar-refractivity contribution is -0.136. The number of aliphatic hydroxyl groups excluding tert-OH is 1. The molecule has 3 aromatic rings. The Bertz CT molecular complexity index is 953. The molecule has 0 saturated carbocycles. The van der Waals surface area contributed by atoms with Crippen LogP contribution in [0.2, 0.25) is 5.02 Å². The van der Waals surface area contributed by atoms with Gasteiger partial charge in [-0.05, 0) is 42.8 Å². The first-order valence-electron chi connectivity index (χ1n) is 8.10. The second-order valence-corrected chi connectivity index (χ2v) is 7.16. The van der Waals surface area contributed by atoms with E-state index < -0.39 is 17.9 Å². The van der Waals surface area contributed by atoms with Crippen molar-refractivity contribution in [2.75, 3.05) is 11.9 Å². The standard InChI is InChI=1S/C19H17ClN2O4S/c1-11-13(20)4-2-5-14(11)22-19(25)18(24)21-9-15(23)17-8-12(10-27-17)16-6-3-7-26-16/h2-8,10,15,23H,9H2,1H3,(H,21,24)(H,22,25). The van der Waals surface area contributed by atoms with Crippen molar-refractivity contribution in [3.8, 4) is 11.3 Å². The molecule has 0 aliphatic heterocycles. The number of benzene rings is 1. The monoisotopic (exact) mass is 404 g/mol.